The van der Waals surface area contributed by atoms with Crippen molar-refractivity contribution in [3.63, 3.8) is 0 Å². The molecule has 6 aromatic rings. The maximum absolute atomic E-state index is 15.2. The Kier molecular flexibility index (Phi) is 3.63. The van der Waals surface area contributed by atoms with Crippen molar-refractivity contribution in [2.45, 2.75) is 0 Å². The van der Waals surface area contributed by atoms with Crippen LogP contribution in [0.15, 0.2) is 109 Å². The van der Waals surface area contributed by atoms with E-state index in [1.165, 1.54) is 10.8 Å². The molecule has 1 atom stereocenters. The number of nitrogens with zero attached hydrogens (tertiary/aromatic N) is 1. The summed E-state index contributed by atoms with van der Waals surface area (Å²) in [5.74, 6) is 2.45. The van der Waals surface area contributed by atoms with E-state index in [1.807, 2.05) is 60.7 Å². The first-order valence-electron chi connectivity index (χ1n) is 11.6. The van der Waals surface area contributed by atoms with Crippen molar-refractivity contribution >= 4 is 44.9 Å². The maximum Gasteiger partial charge on any atom is 0.185 e. The summed E-state index contributed by atoms with van der Waals surface area (Å²) in [7, 11) is -3.23. The van der Waals surface area contributed by atoms with Crippen molar-refractivity contribution in [3.8, 4) is 28.7 Å². The zero-order chi connectivity index (χ0) is 23.1. The van der Waals surface area contributed by atoms with Crippen molar-refractivity contribution in [1.82, 2.24) is 4.57 Å². The van der Waals surface area contributed by atoms with Gasteiger partial charge in [-0.15, -0.1) is 0 Å². The number of hydrogen-bond donors (Lipinski definition) is 0. The second-order valence-corrected chi connectivity index (χ2v) is 11.5. The van der Waals surface area contributed by atoms with Crippen LogP contribution in [0, 0.1) is 0 Å². The highest BCUT2D eigenvalue weighted by molar-refractivity contribution is 7.86. The predicted octanol–water partition coefficient (Wildman–Crippen LogP) is 6.63. The highest BCUT2D eigenvalue weighted by atomic mass is 31.2. The molecule has 0 bridgehead atoms. The number of aromatic nitrogens is 1. The van der Waals surface area contributed by atoms with Crippen molar-refractivity contribution < 1.29 is 14.0 Å². The summed E-state index contributed by atoms with van der Waals surface area (Å²) in [6.07, 6.45) is 0. The molecule has 166 valence electrons. The molecule has 0 fully saturated rings. The molecule has 1 aromatic heterocycles. The quantitative estimate of drug-likeness (QED) is 0.252. The number of hydrogen-bond acceptors (Lipinski definition) is 3. The van der Waals surface area contributed by atoms with Crippen LogP contribution < -0.4 is 25.4 Å². The summed E-state index contributed by atoms with van der Waals surface area (Å²) in [4.78, 5) is 0. The van der Waals surface area contributed by atoms with Crippen molar-refractivity contribution in [2.75, 3.05) is 0 Å². The lowest BCUT2D eigenvalue weighted by Crippen LogP contribution is -2.35. The molecular formula is C30H18NO3P. The number of rotatable bonds is 1. The molecule has 0 aliphatic carbocycles. The summed E-state index contributed by atoms with van der Waals surface area (Å²) < 4.78 is 29.9. The number of para-hydroxylation sites is 3. The van der Waals surface area contributed by atoms with Gasteiger partial charge in [0, 0.05) is 16.5 Å². The minimum Gasteiger partial charge on any atom is -0.456 e. The van der Waals surface area contributed by atoms with Crippen molar-refractivity contribution in [3.05, 3.63) is 109 Å². The molecule has 0 spiro atoms. The maximum atomic E-state index is 15.2. The minimum atomic E-state index is -3.23. The molecule has 4 nitrogen and oxygen atoms in total. The lowest BCUT2D eigenvalue weighted by Gasteiger charge is -2.34. The van der Waals surface area contributed by atoms with Crippen LogP contribution in [0.1, 0.15) is 0 Å². The van der Waals surface area contributed by atoms with Crippen LogP contribution in [0.3, 0.4) is 0 Å². The standard InChI is InChI=1S/C30H18NO3P/c32-35-28-15-6-5-12-24(28)33-26-13-7-14-27(30(26)35)34-25-17-16-19(18-29(25)35)31-22-10-3-1-8-20(22)21-9-2-4-11-23(21)31/h1-18H. The van der Waals surface area contributed by atoms with Gasteiger partial charge in [0.25, 0.3) is 0 Å². The van der Waals surface area contributed by atoms with Gasteiger partial charge in [-0.05, 0) is 54.6 Å². The summed E-state index contributed by atoms with van der Waals surface area (Å²) in [6.45, 7) is 0. The summed E-state index contributed by atoms with van der Waals surface area (Å²) in [5.41, 5.74) is 3.17. The molecular weight excluding hydrogens is 453 g/mol. The Labute approximate surface area is 201 Å². The molecule has 0 amide bonds. The monoisotopic (exact) mass is 471 g/mol. The first-order chi connectivity index (χ1) is 17.2. The number of fused-ring (bicyclic) bond motifs is 7. The fraction of sp³-hybridized carbons (Fsp3) is 0. The van der Waals surface area contributed by atoms with Crippen LogP contribution in [0.5, 0.6) is 23.0 Å². The molecule has 5 aromatic carbocycles. The van der Waals surface area contributed by atoms with E-state index >= 15 is 4.57 Å². The predicted molar refractivity (Wildman–Crippen MR) is 140 cm³/mol. The third-order valence-corrected chi connectivity index (χ3v) is 10.2. The second-order valence-electron chi connectivity index (χ2n) is 8.91. The first kappa shape index (κ1) is 19.1. The molecule has 0 saturated heterocycles. The molecule has 0 N–H and O–H groups in total. The van der Waals surface area contributed by atoms with Gasteiger partial charge in [0.2, 0.25) is 0 Å². The smallest absolute Gasteiger partial charge is 0.185 e. The SMILES string of the molecule is O=P12c3ccccc3Oc3cccc(c31)Oc1ccc(-n3c4ccccc4c4ccccc43)cc12. The molecule has 5 heteroatoms. The Morgan fingerprint density at radius 2 is 1.11 bits per heavy atom. The number of ether oxygens (including phenoxy) is 2. The molecule has 2 aliphatic rings. The van der Waals surface area contributed by atoms with Gasteiger partial charge in [-0.25, -0.2) is 0 Å². The van der Waals surface area contributed by atoms with Gasteiger partial charge >= 0.3 is 0 Å². The first-order valence-corrected chi connectivity index (χ1v) is 13.3. The topological polar surface area (TPSA) is 40.5 Å². The van der Waals surface area contributed by atoms with Crippen LogP contribution in [0.25, 0.3) is 27.5 Å². The van der Waals surface area contributed by atoms with Crippen molar-refractivity contribution in [2.24, 2.45) is 0 Å². The van der Waals surface area contributed by atoms with Crippen LogP contribution in [0.4, 0.5) is 0 Å². The largest absolute Gasteiger partial charge is 0.456 e. The molecule has 35 heavy (non-hydrogen) atoms. The van der Waals surface area contributed by atoms with Crippen LogP contribution in [-0.2, 0) is 4.57 Å². The summed E-state index contributed by atoms with van der Waals surface area (Å²) >= 11 is 0. The highest BCUT2D eigenvalue weighted by Crippen LogP contribution is 2.58. The summed E-state index contributed by atoms with van der Waals surface area (Å²) in [5, 5.41) is 4.43. The second kappa shape index (κ2) is 6.65. The zero-order valence-electron chi connectivity index (χ0n) is 18.5. The third-order valence-electron chi connectivity index (χ3n) is 7.04. The van der Waals surface area contributed by atoms with E-state index in [2.05, 4.69) is 53.1 Å². The van der Waals surface area contributed by atoms with E-state index in [4.69, 9.17) is 9.47 Å². The lowest BCUT2D eigenvalue weighted by atomic mass is 10.2. The Morgan fingerprint density at radius 3 is 1.83 bits per heavy atom. The van der Waals surface area contributed by atoms with E-state index in [0.29, 0.717) is 38.9 Å². The van der Waals surface area contributed by atoms with Crippen LogP contribution in [-0.4, -0.2) is 4.57 Å². The van der Waals surface area contributed by atoms with Crippen molar-refractivity contribution in [1.29, 1.82) is 0 Å². The van der Waals surface area contributed by atoms with Gasteiger partial charge in [0.05, 0.1) is 21.6 Å². The Morgan fingerprint density at radius 1 is 0.543 bits per heavy atom. The molecule has 1 unspecified atom stereocenters. The van der Waals surface area contributed by atoms with E-state index in [9.17, 15) is 0 Å². The lowest BCUT2D eigenvalue weighted by molar-refractivity contribution is 0.461. The summed E-state index contributed by atoms with van der Waals surface area (Å²) in [6, 6.07) is 36.1. The molecule has 8 rings (SSSR count). The van der Waals surface area contributed by atoms with E-state index in [1.54, 1.807) is 0 Å². The average molecular weight is 471 g/mol. The van der Waals surface area contributed by atoms with E-state index in [0.717, 1.165) is 16.7 Å². The van der Waals surface area contributed by atoms with E-state index in [-0.39, 0.29) is 0 Å². The average Bonchev–Trinajstić information content (AvgIpc) is 3.23. The molecule has 0 radical (unpaired) electrons. The third kappa shape index (κ3) is 2.39. The van der Waals surface area contributed by atoms with Gasteiger partial charge in [-0.2, -0.15) is 0 Å². The molecule has 2 aliphatic heterocycles. The minimum absolute atomic E-state index is 0.595. The van der Waals surface area contributed by atoms with Gasteiger partial charge in [0.1, 0.15) is 28.3 Å². The van der Waals surface area contributed by atoms with Crippen LogP contribution in [0.2, 0.25) is 0 Å². The van der Waals surface area contributed by atoms with Gasteiger partial charge in [0.15, 0.2) is 7.14 Å². The Balaban J connectivity index is 1.46. The number of benzene rings is 5. The fourth-order valence-electron chi connectivity index (χ4n) is 5.57. The van der Waals surface area contributed by atoms with Gasteiger partial charge < -0.3 is 18.6 Å². The van der Waals surface area contributed by atoms with Gasteiger partial charge in [-0.1, -0.05) is 54.6 Å². The fourth-order valence-corrected chi connectivity index (χ4v) is 8.64. The highest BCUT2D eigenvalue weighted by Gasteiger charge is 2.46. The van der Waals surface area contributed by atoms with Crippen LogP contribution >= 0.6 is 7.14 Å². The Bertz CT molecular complexity index is 1830. The molecule has 3 heterocycles. The molecule has 0 saturated carbocycles. The Hall–Kier alpha value is -4.27. The van der Waals surface area contributed by atoms with E-state index < -0.39 is 7.14 Å². The van der Waals surface area contributed by atoms with Gasteiger partial charge in [-0.3, -0.25) is 0 Å². The normalized spacial score (nSPS) is 17.3. The zero-order valence-corrected chi connectivity index (χ0v) is 19.4.